The Bertz CT molecular complexity index is 1060. The number of ether oxygens (including phenoxy) is 1. The van der Waals surface area contributed by atoms with Gasteiger partial charge >= 0.3 is 0 Å². The summed E-state index contributed by atoms with van der Waals surface area (Å²) in [5, 5.41) is 14.3. The molecule has 132 valence electrons. The van der Waals surface area contributed by atoms with Crippen LogP contribution in [-0.4, -0.2) is 22.9 Å². The lowest BCUT2D eigenvalue weighted by Gasteiger charge is -2.09. The lowest BCUT2D eigenvalue weighted by molar-refractivity contribution is -0.384. The highest BCUT2D eigenvalue weighted by atomic mass is 16.6. The number of hydrogen-bond donors (Lipinski definition) is 2. The summed E-state index contributed by atoms with van der Waals surface area (Å²) in [5.41, 5.74) is 1.49. The van der Waals surface area contributed by atoms with Gasteiger partial charge in [-0.1, -0.05) is 12.1 Å². The van der Waals surface area contributed by atoms with Crippen molar-refractivity contribution in [1.29, 1.82) is 0 Å². The van der Waals surface area contributed by atoms with Crippen molar-refractivity contribution in [1.82, 2.24) is 4.98 Å². The van der Waals surface area contributed by atoms with Crippen LogP contribution in [0.1, 0.15) is 15.9 Å². The Kier molecular flexibility index (Phi) is 4.76. The van der Waals surface area contributed by atoms with E-state index in [4.69, 9.17) is 4.74 Å². The van der Waals surface area contributed by atoms with Crippen molar-refractivity contribution in [3.8, 4) is 0 Å². The number of nitro benzene ring substituents is 1. The van der Waals surface area contributed by atoms with Crippen LogP contribution in [0.3, 0.4) is 0 Å². The molecule has 0 atom stereocenters. The number of fused-ring (bicyclic) bond motifs is 1. The maximum atomic E-state index is 12.3. The number of aromatic nitrogens is 1. The van der Waals surface area contributed by atoms with Gasteiger partial charge < -0.3 is 15.0 Å². The lowest BCUT2D eigenvalue weighted by atomic mass is 10.1. The Labute approximate surface area is 147 Å². The van der Waals surface area contributed by atoms with Crippen LogP contribution < -0.4 is 10.9 Å². The minimum Gasteiger partial charge on any atom is -0.380 e. The second kappa shape index (κ2) is 7.16. The summed E-state index contributed by atoms with van der Waals surface area (Å²) in [4.78, 5) is 37.1. The van der Waals surface area contributed by atoms with E-state index < -0.39 is 10.8 Å². The summed E-state index contributed by atoms with van der Waals surface area (Å²) < 4.78 is 5.10. The van der Waals surface area contributed by atoms with E-state index in [0.717, 1.165) is 10.9 Å². The van der Waals surface area contributed by atoms with E-state index in [2.05, 4.69) is 10.3 Å². The zero-order valence-corrected chi connectivity index (χ0v) is 13.8. The monoisotopic (exact) mass is 353 g/mol. The van der Waals surface area contributed by atoms with Crippen LogP contribution in [0.2, 0.25) is 0 Å². The van der Waals surface area contributed by atoms with Gasteiger partial charge in [-0.25, -0.2) is 0 Å². The van der Waals surface area contributed by atoms with Crippen molar-refractivity contribution < 1.29 is 14.5 Å². The van der Waals surface area contributed by atoms with E-state index in [1.54, 1.807) is 25.3 Å². The number of hydrogen-bond acceptors (Lipinski definition) is 5. The van der Waals surface area contributed by atoms with Gasteiger partial charge in [-0.15, -0.1) is 0 Å². The predicted molar refractivity (Wildman–Crippen MR) is 96.3 cm³/mol. The van der Waals surface area contributed by atoms with Crippen LogP contribution >= 0.6 is 0 Å². The molecule has 8 heteroatoms. The quantitative estimate of drug-likeness (QED) is 0.541. The Hall–Kier alpha value is -3.52. The average Bonchev–Trinajstić information content (AvgIpc) is 2.61. The number of amides is 1. The molecule has 2 N–H and O–H groups in total. The topological polar surface area (TPSA) is 114 Å². The minimum atomic E-state index is -0.561. The first kappa shape index (κ1) is 17.3. The highest BCUT2D eigenvalue weighted by Gasteiger charge is 2.12. The number of H-pyrrole nitrogens is 1. The van der Waals surface area contributed by atoms with Gasteiger partial charge in [0, 0.05) is 41.9 Å². The molecule has 0 fully saturated rings. The van der Waals surface area contributed by atoms with Gasteiger partial charge in [0.2, 0.25) is 5.56 Å². The molecular weight excluding hydrogens is 338 g/mol. The fourth-order valence-corrected chi connectivity index (χ4v) is 2.65. The molecule has 0 saturated heterocycles. The number of pyridine rings is 1. The van der Waals surface area contributed by atoms with Gasteiger partial charge in [-0.05, 0) is 23.8 Å². The van der Waals surface area contributed by atoms with Crippen LogP contribution in [0.4, 0.5) is 11.4 Å². The minimum absolute atomic E-state index is 0.162. The molecule has 0 aliphatic rings. The number of nitro groups is 1. The number of carbonyl (C=O) groups is 1. The SMILES string of the molecule is COCc1cc(=O)[nH]c2cc(NC(=O)c3cccc([N+](=O)[O-])c3)ccc12. The Morgan fingerprint density at radius 1 is 1.23 bits per heavy atom. The Balaban J connectivity index is 1.91. The molecule has 1 aromatic heterocycles. The van der Waals surface area contributed by atoms with E-state index in [1.165, 1.54) is 30.3 Å². The first-order valence-electron chi connectivity index (χ1n) is 7.68. The normalized spacial score (nSPS) is 10.7. The number of benzene rings is 2. The fraction of sp³-hybridized carbons (Fsp3) is 0.111. The molecule has 0 radical (unpaired) electrons. The van der Waals surface area contributed by atoms with Crippen molar-refractivity contribution in [2.24, 2.45) is 0 Å². The number of aromatic amines is 1. The molecule has 0 aliphatic heterocycles. The summed E-state index contributed by atoms with van der Waals surface area (Å²) in [7, 11) is 1.54. The molecule has 3 aromatic rings. The number of rotatable bonds is 5. The number of nitrogens with zero attached hydrogens (tertiary/aromatic N) is 1. The second-order valence-corrected chi connectivity index (χ2v) is 5.61. The molecule has 0 spiro atoms. The van der Waals surface area contributed by atoms with E-state index in [1.807, 2.05) is 0 Å². The number of non-ortho nitro benzene ring substituents is 1. The van der Waals surface area contributed by atoms with Crippen molar-refractivity contribution in [2.75, 3.05) is 12.4 Å². The predicted octanol–water partition coefficient (Wildman–Crippen LogP) is 2.84. The van der Waals surface area contributed by atoms with Crippen LogP contribution in [0.5, 0.6) is 0 Å². The standard InChI is InChI=1S/C18H15N3O5/c1-26-10-12-8-17(22)20-16-9-13(5-6-15(12)16)19-18(23)11-3-2-4-14(7-11)21(24)25/h2-9H,10H2,1H3,(H,19,23)(H,20,22). The van der Waals surface area contributed by atoms with Gasteiger partial charge in [0.05, 0.1) is 17.0 Å². The number of nitrogens with one attached hydrogen (secondary N) is 2. The van der Waals surface area contributed by atoms with Crippen LogP contribution in [0.25, 0.3) is 10.9 Å². The molecule has 0 saturated carbocycles. The van der Waals surface area contributed by atoms with E-state index >= 15 is 0 Å². The summed E-state index contributed by atoms with van der Waals surface area (Å²) in [5.74, 6) is -0.483. The third kappa shape index (κ3) is 3.60. The molecule has 0 aliphatic carbocycles. The smallest absolute Gasteiger partial charge is 0.270 e. The molecule has 1 amide bonds. The summed E-state index contributed by atoms with van der Waals surface area (Å²) in [6.07, 6.45) is 0. The summed E-state index contributed by atoms with van der Waals surface area (Å²) in [6.45, 7) is 0.291. The first-order chi connectivity index (χ1) is 12.5. The molecular formula is C18H15N3O5. The number of carbonyl (C=O) groups excluding carboxylic acids is 1. The zero-order chi connectivity index (χ0) is 18.7. The number of methoxy groups -OCH3 is 1. The second-order valence-electron chi connectivity index (χ2n) is 5.61. The summed E-state index contributed by atoms with van der Waals surface area (Å²) in [6, 6.07) is 12.0. The van der Waals surface area contributed by atoms with Crippen molar-refractivity contribution in [3.05, 3.63) is 80.1 Å². The number of anilines is 1. The van der Waals surface area contributed by atoms with Crippen LogP contribution in [0, 0.1) is 10.1 Å². The molecule has 3 rings (SSSR count). The van der Waals surface area contributed by atoms with Crippen molar-refractivity contribution in [3.63, 3.8) is 0 Å². The van der Waals surface area contributed by atoms with Gasteiger partial charge in [0.1, 0.15) is 0 Å². The van der Waals surface area contributed by atoms with Gasteiger partial charge in [-0.3, -0.25) is 19.7 Å². The average molecular weight is 353 g/mol. The van der Waals surface area contributed by atoms with Crippen LogP contribution in [0.15, 0.2) is 53.3 Å². The summed E-state index contributed by atoms with van der Waals surface area (Å²) >= 11 is 0. The van der Waals surface area contributed by atoms with Crippen LogP contribution in [-0.2, 0) is 11.3 Å². The Morgan fingerprint density at radius 3 is 2.77 bits per heavy atom. The highest BCUT2D eigenvalue weighted by Crippen LogP contribution is 2.21. The molecule has 2 aromatic carbocycles. The van der Waals surface area contributed by atoms with E-state index in [0.29, 0.717) is 17.8 Å². The molecule has 1 heterocycles. The lowest BCUT2D eigenvalue weighted by Crippen LogP contribution is -2.13. The molecule has 0 unspecified atom stereocenters. The molecule has 26 heavy (non-hydrogen) atoms. The third-order valence-electron chi connectivity index (χ3n) is 3.81. The Morgan fingerprint density at radius 2 is 2.04 bits per heavy atom. The fourth-order valence-electron chi connectivity index (χ4n) is 2.65. The maximum absolute atomic E-state index is 12.3. The van der Waals surface area contributed by atoms with Gasteiger partial charge in [0.25, 0.3) is 11.6 Å². The maximum Gasteiger partial charge on any atom is 0.270 e. The van der Waals surface area contributed by atoms with Gasteiger partial charge in [-0.2, -0.15) is 0 Å². The molecule has 0 bridgehead atoms. The van der Waals surface area contributed by atoms with Crippen molar-refractivity contribution >= 4 is 28.2 Å². The van der Waals surface area contributed by atoms with E-state index in [-0.39, 0.29) is 16.8 Å². The highest BCUT2D eigenvalue weighted by molar-refractivity contribution is 6.05. The van der Waals surface area contributed by atoms with Gasteiger partial charge in [0.15, 0.2) is 0 Å². The first-order valence-corrected chi connectivity index (χ1v) is 7.68. The largest absolute Gasteiger partial charge is 0.380 e. The third-order valence-corrected chi connectivity index (χ3v) is 3.81. The zero-order valence-electron chi connectivity index (χ0n) is 13.8. The van der Waals surface area contributed by atoms with E-state index in [9.17, 15) is 19.7 Å². The van der Waals surface area contributed by atoms with Crippen molar-refractivity contribution in [2.45, 2.75) is 6.61 Å². The molecule has 8 nitrogen and oxygen atoms in total.